The maximum Gasteiger partial charge on any atom is 0.220 e. The van der Waals surface area contributed by atoms with Gasteiger partial charge in [0.25, 0.3) is 0 Å². The first-order chi connectivity index (χ1) is 48.6. The SMILES string of the molecule is CC/C=C\C/C=C\C/C=C\C/C=C\C/C=C\C/C=C\C/C=C\C/C=C\C/C=C\C/C=C\CCCCCCC(=O)NC(COC1OC(CO)C(OC2OC(CO)C(O)C(O)C2O)C(O)C1O)C(O)/C=C/CC/C=C/CCCCCCCCCCCCCCCCCCCCCCCCCC. The first-order valence-electron chi connectivity index (χ1n) is 39.6. The molecule has 0 radical (unpaired) electrons. The summed E-state index contributed by atoms with van der Waals surface area (Å²) in [5.41, 5.74) is 0. The summed E-state index contributed by atoms with van der Waals surface area (Å²) >= 11 is 0. The van der Waals surface area contributed by atoms with Crippen molar-refractivity contribution in [2.24, 2.45) is 0 Å². The summed E-state index contributed by atoms with van der Waals surface area (Å²) < 4.78 is 22.9. The molecule has 0 spiro atoms. The molecule has 0 saturated carbocycles. The van der Waals surface area contributed by atoms with Gasteiger partial charge < -0.3 is 65.1 Å². The Balaban J connectivity index is 1.68. The molecule has 99 heavy (non-hydrogen) atoms. The Morgan fingerprint density at radius 2 is 0.707 bits per heavy atom. The second kappa shape index (κ2) is 67.1. The third-order valence-corrected chi connectivity index (χ3v) is 18.3. The Kier molecular flexibility index (Phi) is 61.6. The van der Waals surface area contributed by atoms with Crippen molar-refractivity contribution < 1.29 is 64.6 Å². The number of hydrogen-bond donors (Lipinski definition) is 9. The van der Waals surface area contributed by atoms with Crippen molar-refractivity contribution in [3.05, 3.63) is 146 Å². The van der Waals surface area contributed by atoms with Crippen LogP contribution in [0.5, 0.6) is 0 Å². The monoisotopic (exact) mass is 1390 g/mol. The van der Waals surface area contributed by atoms with Crippen LogP contribution in [0.1, 0.15) is 290 Å². The van der Waals surface area contributed by atoms with Gasteiger partial charge in [0.2, 0.25) is 5.91 Å². The molecule has 2 aliphatic heterocycles. The quantitative estimate of drug-likeness (QED) is 0.0204. The molecule has 12 unspecified atom stereocenters. The number of rotatable bonds is 64. The zero-order chi connectivity index (χ0) is 71.5. The lowest BCUT2D eigenvalue weighted by atomic mass is 9.97. The van der Waals surface area contributed by atoms with Gasteiger partial charge >= 0.3 is 0 Å². The maximum atomic E-state index is 13.4. The average Bonchev–Trinajstić information content (AvgIpc) is 0.799. The Labute approximate surface area is 602 Å². The number of carbonyl (C=O) groups is 1. The number of ether oxygens (including phenoxy) is 4. The molecule has 2 aliphatic rings. The zero-order valence-corrected chi connectivity index (χ0v) is 61.9. The van der Waals surface area contributed by atoms with Crippen LogP contribution >= 0.6 is 0 Å². The molecule has 2 fully saturated rings. The summed E-state index contributed by atoms with van der Waals surface area (Å²) in [5, 5.41) is 87.6. The van der Waals surface area contributed by atoms with E-state index in [0.29, 0.717) is 12.8 Å². The fourth-order valence-electron chi connectivity index (χ4n) is 12.0. The van der Waals surface area contributed by atoms with E-state index in [0.717, 1.165) is 103 Å². The van der Waals surface area contributed by atoms with Gasteiger partial charge in [0.05, 0.1) is 32.0 Å². The summed E-state index contributed by atoms with van der Waals surface area (Å²) in [4.78, 5) is 13.4. The fraction of sp³-hybridized carbons (Fsp3) is 0.706. The Morgan fingerprint density at radius 1 is 0.374 bits per heavy atom. The number of carbonyl (C=O) groups excluding carboxylic acids is 1. The lowest BCUT2D eigenvalue weighted by Crippen LogP contribution is -2.65. The second-order valence-electron chi connectivity index (χ2n) is 27.1. The van der Waals surface area contributed by atoms with Gasteiger partial charge in [-0.05, 0) is 109 Å². The van der Waals surface area contributed by atoms with E-state index < -0.39 is 86.8 Å². The highest BCUT2D eigenvalue weighted by Gasteiger charge is 2.51. The van der Waals surface area contributed by atoms with Gasteiger partial charge in [-0.25, -0.2) is 0 Å². The van der Waals surface area contributed by atoms with Gasteiger partial charge in [0.15, 0.2) is 12.6 Å². The highest BCUT2D eigenvalue weighted by Crippen LogP contribution is 2.30. The van der Waals surface area contributed by atoms with Crippen molar-refractivity contribution in [1.82, 2.24) is 5.32 Å². The average molecular weight is 1390 g/mol. The van der Waals surface area contributed by atoms with E-state index in [4.69, 9.17) is 18.9 Å². The molecule has 14 nitrogen and oxygen atoms in total. The predicted octanol–water partition coefficient (Wildman–Crippen LogP) is 18.0. The van der Waals surface area contributed by atoms with Crippen LogP contribution in [-0.4, -0.2) is 140 Å². The van der Waals surface area contributed by atoms with Crippen LogP contribution in [0, 0.1) is 0 Å². The van der Waals surface area contributed by atoms with E-state index in [1.54, 1.807) is 6.08 Å². The first-order valence-corrected chi connectivity index (χ1v) is 39.6. The highest BCUT2D eigenvalue weighted by molar-refractivity contribution is 5.76. The molecule has 12 atom stereocenters. The van der Waals surface area contributed by atoms with E-state index in [1.807, 2.05) is 6.08 Å². The molecule has 14 heteroatoms. The summed E-state index contributed by atoms with van der Waals surface area (Å²) in [6, 6.07) is -0.959. The largest absolute Gasteiger partial charge is 0.394 e. The molecule has 566 valence electrons. The third kappa shape index (κ3) is 50.0. The molecule has 0 aliphatic carbocycles. The molecule has 2 rings (SSSR count). The summed E-state index contributed by atoms with van der Waals surface area (Å²) in [6.07, 6.45) is 84.9. The van der Waals surface area contributed by atoms with Gasteiger partial charge in [-0.3, -0.25) is 4.79 Å². The van der Waals surface area contributed by atoms with Crippen LogP contribution < -0.4 is 5.32 Å². The molecule has 0 bridgehead atoms. The van der Waals surface area contributed by atoms with E-state index in [2.05, 4.69) is 153 Å². The fourth-order valence-corrected chi connectivity index (χ4v) is 12.0. The minimum atomic E-state index is -1.80. The van der Waals surface area contributed by atoms with Crippen LogP contribution in [0.3, 0.4) is 0 Å². The third-order valence-electron chi connectivity index (χ3n) is 18.3. The van der Waals surface area contributed by atoms with Gasteiger partial charge in [0, 0.05) is 6.42 Å². The minimum Gasteiger partial charge on any atom is -0.394 e. The smallest absolute Gasteiger partial charge is 0.220 e. The standard InChI is InChI=1S/C85H143NO13/c1-3-5-7-9-11-13-15-17-19-21-23-25-27-29-31-33-35-36-37-38-39-41-43-45-47-49-51-53-55-57-59-61-63-65-67-69-77(90)86-73(72-96-84-82(95)80(93)83(76(71-88)98-84)99-85-81(94)79(92)78(91)75(70-87)97-85)74(89)68-66-64-62-60-58-56-54-52-50-48-46-44-42-40-34-32-30-28-26-24-22-20-18-16-14-12-10-8-6-4-2/h5,7,11,13,17,19,23,25,29,31,35-36,38-39,43,45,49,51,55,57-58,60,66,68,73-76,78-85,87-89,91-95H,3-4,6,8-10,12,14-16,18,20-22,24,26-28,30,32-34,37,40-42,44,46-48,50,52-54,56,59,61-65,67,69-72H2,1-2H3,(H,86,90)/b7-5-,13-11-,19-17-,25-23-,31-29-,36-35-,39-38-,45-43-,51-49-,57-55-,60-58+,68-66+. The topological polar surface area (TPSA) is 228 Å². The number of aliphatic hydroxyl groups excluding tert-OH is 8. The summed E-state index contributed by atoms with van der Waals surface area (Å²) in [7, 11) is 0. The molecular weight excluding hydrogens is 1240 g/mol. The summed E-state index contributed by atoms with van der Waals surface area (Å²) in [5.74, 6) is -0.277. The number of unbranched alkanes of at least 4 members (excludes halogenated alkanes) is 29. The van der Waals surface area contributed by atoms with Crippen LogP contribution in [0.25, 0.3) is 0 Å². The zero-order valence-electron chi connectivity index (χ0n) is 61.9. The van der Waals surface area contributed by atoms with E-state index in [9.17, 15) is 45.6 Å². The highest BCUT2D eigenvalue weighted by atomic mass is 16.7. The van der Waals surface area contributed by atoms with Gasteiger partial charge in [-0.15, -0.1) is 0 Å². The predicted molar refractivity (Wildman–Crippen MR) is 410 cm³/mol. The molecule has 2 heterocycles. The van der Waals surface area contributed by atoms with Crippen LogP contribution in [-0.2, 0) is 23.7 Å². The van der Waals surface area contributed by atoms with Crippen molar-refractivity contribution in [3.8, 4) is 0 Å². The van der Waals surface area contributed by atoms with E-state index in [1.165, 1.54) is 154 Å². The van der Waals surface area contributed by atoms with Crippen LogP contribution in [0.15, 0.2) is 146 Å². The van der Waals surface area contributed by atoms with Crippen LogP contribution in [0.2, 0.25) is 0 Å². The molecular formula is C85H143NO13. The molecule has 1 amide bonds. The molecule has 0 aromatic rings. The Morgan fingerprint density at radius 3 is 1.11 bits per heavy atom. The normalized spacial score (nSPS) is 22.8. The van der Waals surface area contributed by atoms with Crippen molar-refractivity contribution in [2.75, 3.05) is 19.8 Å². The Hall–Kier alpha value is -4.13. The Bertz CT molecular complexity index is 2230. The van der Waals surface area contributed by atoms with E-state index in [-0.39, 0.29) is 18.9 Å². The lowest BCUT2D eigenvalue weighted by molar-refractivity contribution is -0.359. The molecule has 2 saturated heterocycles. The lowest BCUT2D eigenvalue weighted by Gasteiger charge is -2.46. The van der Waals surface area contributed by atoms with Crippen LogP contribution in [0.4, 0.5) is 0 Å². The molecule has 0 aromatic heterocycles. The van der Waals surface area contributed by atoms with Gasteiger partial charge in [-0.2, -0.15) is 0 Å². The molecule has 9 N–H and O–H groups in total. The van der Waals surface area contributed by atoms with Gasteiger partial charge in [0.1, 0.15) is 48.8 Å². The number of amides is 1. The van der Waals surface area contributed by atoms with Gasteiger partial charge in [-0.1, -0.05) is 320 Å². The number of allylic oxidation sites excluding steroid dienone is 23. The van der Waals surface area contributed by atoms with E-state index >= 15 is 0 Å². The van der Waals surface area contributed by atoms with Crippen molar-refractivity contribution in [1.29, 1.82) is 0 Å². The second-order valence-corrected chi connectivity index (χ2v) is 27.1. The summed E-state index contributed by atoms with van der Waals surface area (Å²) in [6.45, 7) is 2.67. The number of hydrogen-bond acceptors (Lipinski definition) is 13. The maximum absolute atomic E-state index is 13.4. The van der Waals surface area contributed by atoms with Crippen molar-refractivity contribution >= 4 is 5.91 Å². The number of aliphatic hydroxyl groups is 8. The van der Waals surface area contributed by atoms with Crippen molar-refractivity contribution in [3.63, 3.8) is 0 Å². The molecule has 0 aromatic carbocycles. The first kappa shape index (κ1) is 91.0. The van der Waals surface area contributed by atoms with Crippen molar-refractivity contribution in [2.45, 2.75) is 364 Å². The minimum absolute atomic E-state index is 0.234. The number of nitrogens with one attached hydrogen (secondary N) is 1.